The third kappa shape index (κ3) is 3.70. The number of halogens is 1. The van der Waals surface area contributed by atoms with E-state index in [1.165, 1.54) is 6.07 Å². The standard InChI is InChI=1S/C22H28FN3O2/c1-16-20(17(2)28-24-16)15-26-21(27)7-9-22(26)8-4-11-25(12-10-22)14-18-5-3-6-19(23)13-18/h3,5-6,13H,4,7-12,14-15H2,1-2H3/t22-/m0/s1. The lowest BCUT2D eigenvalue weighted by atomic mass is 9.87. The van der Waals surface area contributed by atoms with Crippen molar-refractivity contribution in [3.05, 3.63) is 52.7 Å². The molecule has 4 rings (SSSR count). The summed E-state index contributed by atoms with van der Waals surface area (Å²) in [5, 5.41) is 4.05. The maximum Gasteiger partial charge on any atom is 0.223 e. The van der Waals surface area contributed by atoms with E-state index in [9.17, 15) is 9.18 Å². The number of aromatic nitrogens is 1. The summed E-state index contributed by atoms with van der Waals surface area (Å²) < 4.78 is 18.8. The number of nitrogens with zero attached hydrogens (tertiary/aromatic N) is 3. The van der Waals surface area contributed by atoms with Gasteiger partial charge >= 0.3 is 0 Å². The number of hydrogen-bond donors (Lipinski definition) is 0. The van der Waals surface area contributed by atoms with Gasteiger partial charge < -0.3 is 9.42 Å². The molecule has 2 fully saturated rings. The van der Waals surface area contributed by atoms with Crippen molar-refractivity contribution >= 4 is 5.91 Å². The van der Waals surface area contributed by atoms with Gasteiger partial charge in [0.15, 0.2) is 0 Å². The van der Waals surface area contributed by atoms with Crippen LogP contribution in [0.4, 0.5) is 4.39 Å². The summed E-state index contributed by atoms with van der Waals surface area (Å²) in [5.41, 5.74) is 2.83. The van der Waals surface area contributed by atoms with Crippen molar-refractivity contribution in [1.29, 1.82) is 0 Å². The van der Waals surface area contributed by atoms with Gasteiger partial charge in [0.25, 0.3) is 0 Å². The van der Waals surface area contributed by atoms with E-state index in [1.807, 2.05) is 19.9 Å². The van der Waals surface area contributed by atoms with Gasteiger partial charge in [0.2, 0.25) is 5.91 Å². The van der Waals surface area contributed by atoms with Crippen LogP contribution in [0.15, 0.2) is 28.8 Å². The molecule has 0 radical (unpaired) electrons. The lowest BCUT2D eigenvalue weighted by Crippen LogP contribution is -2.46. The summed E-state index contributed by atoms with van der Waals surface area (Å²) in [6.07, 6.45) is 4.55. The zero-order valence-corrected chi connectivity index (χ0v) is 16.7. The van der Waals surface area contributed by atoms with E-state index in [4.69, 9.17) is 4.52 Å². The van der Waals surface area contributed by atoms with Crippen molar-refractivity contribution in [3.8, 4) is 0 Å². The van der Waals surface area contributed by atoms with E-state index in [0.717, 1.165) is 67.9 Å². The fourth-order valence-electron chi connectivity index (χ4n) is 4.82. The lowest BCUT2D eigenvalue weighted by Gasteiger charge is -2.38. The second-order valence-electron chi connectivity index (χ2n) is 8.27. The second-order valence-corrected chi connectivity index (χ2v) is 8.27. The molecule has 0 bridgehead atoms. The molecule has 1 atom stereocenters. The molecular formula is C22H28FN3O2. The van der Waals surface area contributed by atoms with Crippen LogP contribution in [0, 0.1) is 19.7 Å². The van der Waals surface area contributed by atoms with Gasteiger partial charge in [-0.05, 0) is 63.8 Å². The summed E-state index contributed by atoms with van der Waals surface area (Å²) in [7, 11) is 0. The van der Waals surface area contributed by atoms with Crippen LogP contribution in [-0.4, -0.2) is 39.5 Å². The number of aryl methyl sites for hydroxylation is 2. The van der Waals surface area contributed by atoms with Gasteiger partial charge in [-0.3, -0.25) is 9.69 Å². The highest BCUT2D eigenvalue weighted by Gasteiger charge is 2.46. The fourth-order valence-corrected chi connectivity index (χ4v) is 4.82. The first-order valence-corrected chi connectivity index (χ1v) is 10.2. The highest BCUT2D eigenvalue weighted by Crippen LogP contribution is 2.40. The molecule has 0 unspecified atom stereocenters. The number of carbonyl (C=O) groups excluding carboxylic acids is 1. The Bertz CT molecular complexity index is 846. The Balaban J connectivity index is 1.48. The van der Waals surface area contributed by atoms with Crippen molar-refractivity contribution in [3.63, 3.8) is 0 Å². The van der Waals surface area contributed by atoms with Crippen molar-refractivity contribution in [1.82, 2.24) is 15.0 Å². The molecule has 2 saturated heterocycles. The molecule has 1 amide bonds. The van der Waals surface area contributed by atoms with Crippen LogP contribution < -0.4 is 0 Å². The maximum atomic E-state index is 13.5. The van der Waals surface area contributed by atoms with Gasteiger partial charge in [0.05, 0.1) is 12.2 Å². The van der Waals surface area contributed by atoms with Gasteiger partial charge in [0, 0.05) is 30.6 Å². The van der Waals surface area contributed by atoms with Crippen molar-refractivity contribution in [2.24, 2.45) is 0 Å². The number of amides is 1. The summed E-state index contributed by atoms with van der Waals surface area (Å²) in [6, 6.07) is 6.85. The van der Waals surface area contributed by atoms with Gasteiger partial charge in [-0.15, -0.1) is 0 Å². The van der Waals surface area contributed by atoms with E-state index in [-0.39, 0.29) is 17.3 Å². The Kier molecular flexibility index (Phi) is 5.23. The smallest absolute Gasteiger partial charge is 0.223 e. The molecule has 6 heteroatoms. The molecule has 1 spiro atoms. The predicted octanol–water partition coefficient (Wildman–Crippen LogP) is 3.98. The molecule has 0 N–H and O–H groups in total. The quantitative estimate of drug-likeness (QED) is 0.799. The van der Waals surface area contributed by atoms with Crippen molar-refractivity contribution in [2.75, 3.05) is 13.1 Å². The van der Waals surface area contributed by atoms with Crippen LogP contribution in [-0.2, 0) is 17.9 Å². The SMILES string of the molecule is Cc1noc(C)c1CN1C(=O)CC[C@]12CCCN(Cc1cccc(F)c1)CC2. The molecule has 1 aromatic carbocycles. The number of rotatable bonds is 4. The van der Waals surface area contributed by atoms with Gasteiger partial charge in [-0.1, -0.05) is 17.3 Å². The Labute approximate surface area is 165 Å². The number of carbonyl (C=O) groups is 1. The zero-order chi connectivity index (χ0) is 19.7. The Morgan fingerprint density at radius 3 is 2.79 bits per heavy atom. The molecule has 150 valence electrons. The highest BCUT2D eigenvalue weighted by molar-refractivity contribution is 5.79. The van der Waals surface area contributed by atoms with Crippen LogP contribution in [0.25, 0.3) is 0 Å². The minimum atomic E-state index is -0.184. The minimum Gasteiger partial charge on any atom is -0.361 e. The van der Waals surface area contributed by atoms with Crippen LogP contribution in [0.2, 0.25) is 0 Å². The second kappa shape index (κ2) is 7.66. The van der Waals surface area contributed by atoms with Crippen molar-refractivity contribution in [2.45, 2.75) is 64.6 Å². The number of benzene rings is 1. The van der Waals surface area contributed by atoms with E-state index < -0.39 is 0 Å². The van der Waals surface area contributed by atoms with E-state index >= 15 is 0 Å². The number of likely N-dealkylation sites (tertiary alicyclic amines) is 2. The fraction of sp³-hybridized carbons (Fsp3) is 0.545. The monoisotopic (exact) mass is 385 g/mol. The molecule has 2 aliphatic heterocycles. The zero-order valence-electron chi connectivity index (χ0n) is 16.7. The Morgan fingerprint density at radius 1 is 1.18 bits per heavy atom. The maximum absolute atomic E-state index is 13.5. The van der Waals surface area contributed by atoms with E-state index in [0.29, 0.717) is 13.0 Å². The Hall–Kier alpha value is -2.21. The molecule has 28 heavy (non-hydrogen) atoms. The van der Waals surface area contributed by atoms with Crippen LogP contribution in [0.3, 0.4) is 0 Å². The Morgan fingerprint density at radius 2 is 2.04 bits per heavy atom. The molecule has 2 aromatic rings. The van der Waals surface area contributed by atoms with Gasteiger partial charge in [-0.2, -0.15) is 0 Å². The normalized spacial score (nSPS) is 23.5. The van der Waals surface area contributed by atoms with Crippen molar-refractivity contribution < 1.29 is 13.7 Å². The third-order valence-electron chi connectivity index (χ3n) is 6.48. The van der Waals surface area contributed by atoms with Crippen LogP contribution in [0.1, 0.15) is 54.7 Å². The third-order valence-corrected chi connectivity index (χ3v) is 6.48. The first-order valence-electron chi connectivity index (χ1n) is 10.2. The van der Waals surface area contributed by atoms with Gasteiger partial charge in [-0.25, -0.2) is 4.39 Å². The van der Waals surface area contributed by atoms with Crippen LogP contribution >= 0.6 is 0 Å². The topological polar surface area (TPSA) is 49.6 Å². The van der Waals surface area contributed by atoms with Crippen LogP contribution in [0.5, 0.6) is 0 Å². The first-order chi connectivity index (χ1) is 13.5. The predicted molar refractivity (Wildman–Crippen MR) is 104 cm³/mol. The molecule has 2 aliphatic rings. The number of hydrogen-bond acceptors (Lipinski definition) is 4. The molecular weight excluding hydrogens is 357 g/mol. The molecule has 1 aromatic heterocycles. The minimum absolute atomic E-state index is 0.0794. The lowest BCUT2D eigenvalue weighted by molar-refractivity contribution is -0.132. The van der Waals surface area contributed by atoms with E-state index in [1.54, 1.807) is 12.1 Å². The average molecular weight is 385 g/mol. The molecule has 0 aliphatic carbocycles. The average Bonchev–Trinajstić information content (AvgIpc) is 3.05. The summed E-state index contributed by atoms with van der Waals surface area (Å²) in [4.78, 5) is 17.2. The van der Waals surface area contributed by atoms with E-state index in [2.05, 4.69) is 15.0 Å². The summed E-state index contributed by atoms with van der Waals surface area (Å²) in [5.74, 6) is 0.850. The molecule has 0 saturated carbocycles. The molecule has 5 nitrogen and oxygen atoms in total. The largest absolute Gasteiger partial charge is 0.361 e. The van der Waals surface area contributed by atoms with Gasteiger partial charge in [0.1, 0.15) is 11.6 Å². The first kappa shape index (κ1) is 19.1. The summed E-state index contributed by atoms with van der Waals surface area (Å²) >= 11 is 0. The highest BCUT2D eigenvalue weighted by atomic mass is 19.1. The molecule has 3 heterocycles. The summed E-state index contributed by atoms with van der Waals surface area (Å²) in [6.45, 7) is 7.09.